The van der Waals surface area contributed by atoms with Crippen LogP contribution in [0.2, 0.25) is 0 Å². The van der Waals surface area contributed by atoms with Gasteiger partial charge in [0.25, 0.3) is 5.91 Å². The number of hydrogen-bond acceptors (Lipinski definition) is 4. The Hall–Kier alpha value is -2.57. The maximum absolute atomic E-state index is 12.5. The van der Waals surface area contributed by atoms with Gasteiger partial charge in [0.1, 0.15) is 11.7 Å². The lowest BCUT2D eigenvalue weighted by atomic mass is 10.2. The highest BCUT2D eigenvalue weighted by molar-refractivity contribution is 5.97. The Labute approximate surface area is 127 Å². The molecule has 0 aliphatic carbocycles. The Bertz CT molecular complexity index is 708. The van der Waals surface area contributed by atoms with Crippen molar-refractivity contribution in [3.8, 4) is 5.75 Å². The zero-order chi connectivity index (χ0) is 16.3. The second-order valence-corrected chi connectivity index (χ2v) is 4.80. The molecule has 0 bridgehead atoms. The number of carbonyl (C=O) groups excluding carboxylic acids is 1. The number of aliphatic carboxylic acids is 1. The topological polar surface area (TPSA) is 92.9 Å². The number of amides is 1. The number of carboxylic acid groups (broad SMARTS) is 1. The number of carbonyl (C=O) groups is 2. The van der Waals surface area contributed by atoms with Gasteiger partial charge in [-0.15, -0.1) is 0 Å². The summed E-state index contributed by atoms with van der Waals surface area (Å²) in [5, 5.41) is 11.6. The average molecular weight is 305 g/mol. The third-order valence-corrected chi connectivity index (χ3v) is 3.47. The predicted octanol–water partition coefficient (Wildman–Crippen LogP) is 1.50. The van der Waals surface area contributed by atoms with Gasteiger partial charge in [-0.25, -0.2) is 9.78 Å². The standard InChI is InChI=1S/C15H19N3O4/c1-4-9-12(14(19)17-10(5-2)15(20)21)18-8-6-7-11(22-3)13(18)16-9/h6-8,10H,4-5H2,1-3H3,(H,17,19)(H,20,21). The van der Waals surface area contributed by atoms with Crippen LogP contribution in [0.1, 0.15) is 36.5 Å². The first-order valence-electron chi connectivity index (χ1n) is 7.11. The van der Waals surface area contributed by atoms with Crippen molar-refractivity contribution in [3.05, 3.63) is 29.7 Å². The SMILES string of the molecule is CCc1nc2c(OC)cccn2c1C(=O)NC(CC)C(=O)O. The van der Waals surface area contributed by atoms with Crippen molar-refractivity contribution in [2.24, 2.45) is 0 Å². The molecule has 0 aromatic carbocycles. The van der Waals surface area contributed by atoms with Crippen LogP contribution in [0, 0.1) is 0 Å². The summed E-state index contributed by atoms with van der Waals surface area (Å²) in [4.78, 5) is 28.0. The van der Waals surface area contributed by atoms with Gasteiger partial charge in [0.05, 0.1) is 12.8 Å². The minimum Gasteiger partial charge on any atom is -0.493 e. The number of rotatable bonds is 6. The molecule has 2 rings (SSSR count). The van der Waals surface area contributed by atoms with Crippen molar-refractivity contribution < 1.29 is 19.4 Å². The fraction of sp³-hybridized carbons (Fsp3) is 0.400. The molecule has 0 aliphatic heterocycles. The molecule has 0 radical (unpaired) electrons. The van der Waals surface area contributed by atoms with Crippen LogP contribution in [0.3, 0.4) is 0 Å². The van der Waals surface area contributed by atoms with Crippen molar-refractivity contribution >= 4 is 17.5 Å². The molecule has 0 saturated heterocycles. The fourth-order valence-corrected chi connectivity index (χ4v) is 2.30. The molecule has 1 unspecified atom stereocenters. The number of aromatic nitrogens is 2. The van der Waals surface area contributed by atoms with E-state index in [0.717, 1.165) is 0 Å². The second-order valence-electron chi connectivity index (χ2n) is 4.80. The van der Waals surface area contributed by atoms with E-state index in [9.17, 15) is 9.59 Å². The summed E-state index contributed by atoms with van der Waals surface area (Å²) in [6, 6.07) is 2.58. The Morgan fingerprint density at radius 2 is 2.18 bits per heavy atom. The van der Waals surface area contributed by atoms with Crippen LogP contribution < -0.4 is 10.1 Å². The van der Waals surface area contributed by atoms with E-state index in [1.165, 1.54) is 7.11 Å². The molecule has 0 fully saturated rings. The predicted molar refractivity (Wildman–Crippen MR) is 80.3 cm³/mol. The number of carboxylic acids is 1. The van der Waals surface area contributed by atoms with Gasteiger partial charge in [-0.3, -0.25) is 9.20 Å². The second kappa shape index (κ2) is 6.46. The molecular weight excluding hydrogens is 286 g/mol. The van der Waals surface area contributed by atoms with Crippen LogP contribution in [-0.2, 0) is 11.2 Å². The van der Waals surface area contributed by atoms with Crippen molar-refractivity contribution in [3.63, 3.8) is 0 Å². The lowest BCUT2D eigenvalue weighted by Gasteiger charge is -2.12. The van der Waals surface area contributed by atoms with E-state index in [2.05, 4.69) is 10.3 Å². The molecule has 22 heavy (non-hydrogen) atoms. The number of nitrogens with one attached hydrogen (secondary N) is 1. The highest BCUT2D eigenvalue weighted by atomic mass is 16.5. The minimum absolute atomic E-state index is 0.308. The third kappa shape index (κ3) is 2.74. The summed E-state index contributed by atoms with van der Waals surface area (Å²) in [7, 11) is 1.53. The van der Waals surface area contributed by atoms with Crippen molar-refractivity contribution in [1.82, 2.24) is 14.7 Å². The maximum Gasteiger partial charge on any atom is 0.326 e. The molecule has 2 heterocycles. The average Bonchev–Trinajstić information content (AvgIpc) is 2.90. The van der Waals surface area contributed by atoms with E-state index in [4.69, 9.17) is 9.84 Å². The quantitative estimate of drug-likeness (QED) is 0.843. The van der Waals surface area contributed by atoms with Gasteiger partial charge in [0.2, 0.25) is 0 Å². The van der Waals surface area contributed by atoms with Gasteiger partial charge in [0, 0.05) is 6.20 Å². The molecular formula is C15H19N3O4. The first kappa shape index (κ1) is 15.8. The Kier molecular flexibility index (Phi) is 4.65. The Morgan fingerprint density at radius 3 is 2.73 bits per heavy atom. The first-order chi connectivity index (χ1) is 10.5. The normalized spacial score (nSPS) is 12.1. The Morgan fingerprint density at radius 1 is 1.45 bits per heavy atom. The molecule has 0 saturated carbocycles. The molecule has 1 amide bonds. The van der Waals surface area contributed by atoms with Crippen LogP contribution in [0.5, 0.6) is 5.75 Å². The van der Waals surface area contributed by atoms with Gasteiger partial charge >= 0.3 is 5.97 Å². The summed E-state index contributed by atoms with van der Waals surface area (Å²) in [5.74, 6) is -0.950. The van der Waals surface area contributed by atoms with Crippen LogP contribution in [0.25, 0.3) is 5.65 Å². The summed E-state index contributed by atoms with van der Waals surface area (Å²) >= 11 is 0. The molecule has 0 spiro atoms. The number of nitrogens with zero attached hydrogens (tertiary/aromatic N) is 2. The number of ether oxygens (including phenoxy) is 1. The summed E-state index contributed by atoms with van der Waals surface area (Å²) < 4.78 is 6.88. The zero-order valence-corrected chi connectivity index (χ0v) is 12.8. The van der Waals surface area contributed by atoms with Crippen molar-refractivity contribution in [2.45, 2.75) is 32.7 Å². The van der Waals surface area contributed by atoms with Gasteiger partial charge in [-0.05, 0) is 25.0 Å². The van der Waals surface area contributed by atoms with E-state index in [1.807, 2.05) is 6.92 Å². The minimum atomic E-state index is -1.06. The number of methoxy groups -OCH3 is 1. The maximum atomic E-state index is 12.5. The first-order valence-corrected chi connectivity index (χ1v) is 7.11. The van der Waals surface area contributed by atoms with Crippen molar-refractivity contribution in [2.75, 3.05) is 7.11 Å². The fourth-order valence-electron chi connectivity index (χ4n) is 2.30. The van der Waals surface area contributed by atoms with E-state index in [1.54, 1.807) is 29.7 Å². The van der Waals surface area contributed by atoms with Crippen LogP contribution in [0.15, 0.2) is 18.3 Å². The van der Waals surface area contributed by atoms with Gasteiger partial charge < -0.3 is 15.2 Å². The third-order valence-electron chi connectivity index (χ3n) is 3.47. The molecule has 2 aromatic heterocycles. The van der Waals surface area contributed by atoms with E-state index >= 15 is 0 Å². The van der Waals surface area contributed by atoms with E-state index in [-0.39, 0.29) is 0 Å². The van der Waals surface area contributed by atoms with Crippen LogP contribution in [-0.4, -0.2) is 39.5 Å². The van der Waals surface area contributed by atoms with Crippen LogP contribution in [0.4, 0.5) is 0 Å². The van der Waals surface area contributed by atoms with Crippen LogP contribution >= 0.6 is 0 Å². The van der Waals surface area contributed by atoms with E-state index in [0.29, 0.717) is 35.6 Å². The molecule has 2 N–H and O–H groups in total. The number of fused-ring (bicyclic) bond motifs is 1. The smallest absolute Gasteiger partial charge is 0.326 e. The molecule has 7 heteroatoms. The number of aryl methyl sites for hydroxylation is 1. The Balaban J connectivity index is 2.49. The summed E-state index contributed by atoms with van der Waals surface area (Å²) in [6.45, 7) is 3.59. The zero-order valence-electron chi connectivity index (χ0n) is 12.8. The van der Waals surface area contributed by atoms with Gasteiger partial charge in [-0.2, -0.15) is 0 Å². The lowest BCUT2D eigenvalue weighted by Crippen LogP contribution is -2.41. The summed E-state index contributed by atoms with van der Waals surface area (Å²) in [5.41, 5.74) is 1.48. The summed E-state index contributed by atoms with van der Waals surface area (Å²) in [6.07, 6.45) is 2.57. The molecule has 0 aliphatic rings. The molecule has 2 aromatic rings. The molecule has 1 atom stereocenters. The highest BCUT2D eigenvalue weighted by Crippen LogP contribution is 2.22. The number of hydrogen-bond donors (Lipinski definition) is 2. The monoisotopic (exact) mass is 305 g/mol. The largest absolute Gasteiger partial charge is 0.493 e. The van der Waals surface area contributed by atoms with E-state index < -0.39 is 17.9 Å². The lowest BCUT2D eigenvalue weighted by molar-refractivity contribution is -0.139. The number of pyridine rings is 1. The number of imidazole rings is 1. The molecule has 7 nitrogen and oxygen atoms in total. The van der Waals surface area contributed by atoms with Gasteiger partial charge in [0.15, 0.2) is 11.4 Å². The molecule has 118 valence electrons. The highest BCUT2D eigenvalue weighted by Gasteiger charge is 2.24. The van der Waals surface area contributed by atoms with Gasteiger partial charge in [-0.1, -0.05) is 13.8 Å². The van der Waals surface area contributed by atoms with Crippen molar-refractivity contribution in [1.29, 1.82) is 0 Å².